The van der Waals surface area contributed by atoms with Crippen molar-refractivity contribution in [3.8, 4) is 6.07 Å². The van der Waals surface area contributed by atoms with Gasteiger partial charge in [-0.2, -0.15) is 5.26 Å². The van der Waals surface area contributed by atoms with Crippen molar-refractivity contribution in [2.75, 3.05) is 13.1 Å². The lowest BCUT2D eigenvalue weighted by molar-refractivity contribution is -0.133. The summed E-state index contributed by atoms with van der Waals surface area (Å²) in [6.45, 7) is 3.44. The minimum atomic E-state index is -0.181. The maximum Gasteiger partial charge on any atom is 0.255 e. The molecule has 27 heavy (non-hydrogen) atoms. The first-order chi connectivity index (χ1) is 13.1. The van der Waals surface area contributed by atoms with Gasteiger partial charge in [0, 0.05) is 32.1 Å². The largest absolute Gasteiger partial charge is 0.336 e. The number of carbonyl (C=O) groups is 2. The lowest BCUT2D eigenvalue weighted by Crippen LogP contribution is -2.43. The van der Waals surface area contributed by atoms with Gasteiger partial charge in [0.05, 0.1) is 17.2 Å². The van der Waals surface area contributed by atoms with Crippen LogP contribution in [0.15, 0.2) is 54.6 Å². The van der Waals surface area contributed by atoms with Gasteiger partial charge in [0.25, 0.3) is 5.91 Å². The van der Waals surface area contributed by atoms with Crippen molar-refractivity contribution < 1.29 is 9.59 Å². The van der Waals surface area contributed by atoms with Crippen molar-refractivity contribution in [1.29, 1.82) is 5.26 Å². The van der Waals surface area contributed by atoms with Gasteiger partial charge in [-0.15, -0.1) is 0 Å². The van der Waals surface area contributed by atoms with E-state index in [2.05, 4.69) is 6.07 Å². The molecule has 0 radical (unpaired) electrons. The third-order valence-corrected chi connectivity index (χ3v) is 5.02. The van der Waals surface area contributed by atoms with Crippen LogP contribution in [0.3, 0.4) is 0 Å². The highest BCUT2D eigenvalue weighted by Crippen LogP contribution is 2.20. The van der Waals surface area contributed by atoms with Crippen LogP contribution < -0.4 is 0 Å². The van der Waals surface area contributed by atoms with Gasteiger partial charge in [0.1, 0.15) is 0 Å². The average Bonchev–Trinajstić information content (AvgIpc) is 2.87. The van der Waals surface area contributed by atoms with Crippen molar-refractivity contribution in [3.05, 3.63) is 71.3 Å². The summed E-state index contributed by atoms with van der Waals surface area (Å²) < 4.78 is 0. The summed E-state index contributed by atoms with van der Waals surface area (Å²) in [5, 5.41) is 9.28. The lowest BCUT2D eigenvalue weighted by atomic mass is 10.1. The molecular weight excluding hydrogens is 338 g/mol. The van der Waals surface area contributed by atoms with E-state index < -0.39 is 0 Å². The zero-order chi connectivity index (χ0) is 19.2. The Labute approximate surface area is 159 Å². The zero-order valence-corrected chi connectivity index (χ0v) is 15.5. The fraction of sp³-hybridized carbons (Fsp3) is 0.318. The summed E-state index contributed by atoms with van der Waals surface area (Å²) in [6.07, 6.45) is 1.06. The van der Waals surface area contributed by atoms with Gasteiger partial charge < -0.3 is 9.80 Å². The van der Waals surface area contributed by atoms with Crippen LogP contribution in [0.25, 0.3) is 0 Å². The topological polar surface area (TPSA) is 64.4 Å². The van der Waals surface area contributed by atoms with Crippen molar-refractivity contribution in [2.24, 2.45) is 0 Å². The Bertz CT molecular complexity index is 857. The number of nitrogens with zero attached hydrogens (tertiary/aromatic N) is 3. The van der Waals surface area contributed by atoms with Crippen molar-refractivity contribution in [2.45, 2.75) is 32.4 Å². The van der Waals surface area contributed by atoms with Gasteiger partial charge >= 0.3 is 0 Å². The number of nitriles is 1. The average molecular weight is 361 g/mol. The van der Waals surface area contributed by atoms with E-state index in [-0.39, 0.29) is 17.9 Å². The van der Waals surface area contributed by atoms with Crippen molar-refractivity contribution in [3.63, 3.8) is 0 Å². The molecule has 0 bridgehead atoms. The maximum absolute atomic E-state index is 13.0. The molecule has 0 aromatic heterocycles. The summed E-state index contributed by atoms with van der Waals surface area (Å²) in [5.74, 6) is -0.116. The molecule has 138 valence electrons. The van der Waals surface area contributed by atoms with Gasteiger partial charge in [-0.3, -0.25) is 9.59 Å². The van der Waals surface area contributed by atoms with E-state index in [0.29, 0.717) is 37.2 Å². The molecule has 5 heteroatoms. The summed E-state index contributed by atoms with van der Waals surface area (Å²) in [7, 11) is 0. The van der Waals surface area contributed by atoms with Crippen molar-refractivity contribution >= 4 is 11.8 Å². The lowest BCUT2D eigenvalue weighted by Gasteiger charge is -2.31. The molecule has 1 fully saturated rings. The minimum Gasteiger partial charge on any atom is -0.336 e. The SMILES string of the molecule is CC[C@@H]1CN(C(=O)c2ccccc2C#N)CCC(=O)N1Cc1ccccc1. The number of carbonyl (C=O) groups excluding carboxylic acids is 2. The van der Waals surface area contributed by atoms with Crippen LogP contribution in [-0.2, 0) is 11.3 Å². The van der Waals surface area contributed by atoms with Crippen LogP contribution >= 0.6 is 0 Å². The van der Waals surface area contributed by atoms with Gasteiger partial charge in [0.15, 0.2) is 0 Å². The summed E-state index contributed by atoms with van der Waals surface area (Å²) >= 11 is 0. The molecule has 2 aromatic rings. The molecule has 0 saturated carbocycles. The zero-order valence-electron chi connectivity index (χ0n) is 15.5. The predicted molar refractivity (Wildman–Crippen MR) is 103 cm³/mol. The second kappa shape index (κ2) is 8.50. The molecule has 5 nitrogen and oxygen atoms in total. The van der Waals surface area contributed by atoms with Gasteiger partial charge in [0.2, 0.25) is 5.91 Å². The monoisotopic (exact) mass is 361 g/mol. The van der Waals surface area contributed by atoms with E-state index in [1.165, 1.54) is 0 Å². The maximum atomic E-state index is 13.0. The Morgan fingerprint density at radius 3 is 2.56 bits per heavy atom. The normalized spacial score (nSPS) is 17.3. The number of amides is 2. The van der Waals surface area contributed by atoms with E-state index >= 15 is 0 Å². The van der Waals surface area contributed by atoms with E-state index in [0.717, 1.165) is 12.0 Å². The minimum absolute atomic E-state index is 0.0431. The van der Waals surface area contributed by atoms with Crippen LogP contribution in [0.5, 0.6) is 0 Å². The third kappa shape index (κ3) is 4.17. The first kappa shape index (κ1) is 18.7. The van der Waals surface area contributed by atoms with Crippen LogP contribution in [-0.4, -0.2) is 40.7 Å². The second-order valence-electron chi connectivity index (χ2n) is 6.73. The van der Waals surface area contributed by atoms with E-state index in [1.807, 2.05) is 42.2 Å². The summed E-state index contributed by atoms with van der Waals surface area (Å²) in [4.78, 5) is 29.4. The fourth-order valence-electron chi connectivity index (χ4n) is 3.49. The highest BCUT2D eigenvalue weighted by atomic mass is 16.2. The first-order valence-corrected chi connectivity index (χ1v) is 9.25. The molecule has 1 heterocycles. The Kier molecular flexibility index (Phi) is 5.87. The molecule has 2 amide bonds. The highest BCUT2D eigenvalue weighted by molar-refractivity contribution is 5.97. The Morgan fingerprint density at radius 2 is 1.85 bits per heavy atom. The summed E-state index contributed by atoms with van der Waals surface area (Å²) in [6, 6.07) is 18.8. The quantitative estimate of drug-likeness (QED) is 0.840. The Hall–Kier alpha value is -3.13. The molecule has 0 N–H and O–H groups in total. The van der Waals surface area contributed by atoms with E-state index in [1.54, 1.807) is 29.2 Å². The molecule has 0 spiro atoms. The third-order valence-electron chi connectivity index (χ3n) is 5.02. The molecule has 1 saturated heterocycles. The summed E-state index contributed by atoms with van der Waals surface area (Å²) in [5.41, 5.74) is 1.85. The highest BCUT2D eigenvalue weighted by Gasteiger charge is 2.31. The molecule has 3 rings (SSSR count). The van der Waals surface area contributed by atoms with Crippen LogP contribution in [0.1, 0.15) is 41.3 Å². The second-order valence-corrected chi connectivity index (χ2v) is 6.73. The Balaban J connectivity index is 1.82. The van der Waals surface area contributed by atoms with E-state index in [4.69, 9.17) is 0 Å². The predicted octanol–water partition coefficient (Wildman–Crippen LogP) is 3.21. The van der Waals surface area contributed by atoms with Gasteiger partial charge in [-0.05, 0) is 24.1 Å². The van der Waals surface area contributed by atoms with Gasteiger partial charge in [-0.1, -0.05) is 49.4 Å². The first-order valence-electron chi connectivity index (χ1n) is 9.25. The number of rotatable bonds is 4. The molecule has 0 aliphatic carbocycles. The fourth-order valence-corrected chi connectivity index (χ4v) is 3.49. The number of benzene rings is 2. The molecule has 1 aliphatic rings. The standard InChI is InChI=1S/C22H23N3O2/c1-2-19-16-24(22(27)20-11-7-6-10-18(20)14-23)13-12-21(26)25(19)15-17-8-4-3-5-9-17/h3-11,19H,2,12-13,15-16H2,1H3/t19-/m1/s1. The molecular formula is C22H23N3O2. The number of hydrogen-bond donors (Lipinski definition) is 0. The molecule has 1 aliphatic heterocycles. The molecule has 1 atom stereocenters. The Morgan fingerprint density at radius 1 is 1.15 bits per heavy atom. The molecule has 0 unspecified atom stereocenters. The molecule has 2 aromatic carbocycles. The van der Waals surface area contributed by atoms with Crippen LogP contribution in [0, 0.1) is 11.3 Å². The number of hydrogen-bond acceptors (Lipinski definition) is 3. The van der Waals surface area contributed by atoms with Crippen LogP contribution in [0.4, 0.5) is 0 Å². The van der Waals surface area contributed by atoms with Crippen LogP contribution in [0.2, 0.25) is 0 Å². The van der Waals surface area contributed by atoms with Gasteiger partial charge in [-0.25, -0.2) is 0 Å². The smallest absolute Gasteiger partial charge is 0.255 e. The van der Waals surface area contributed by atoms with Crippen molar-refractivity contribution in [1.82, 2.24) is 9.80 Å². The van der Waals surface area contributed by atoms with E-state index in [9.17, 15) is 14.9 Å².